The molecule has 0 aliphatic rings. The fraction of sp³-hybridized carbons (Fsp3) is 0.111. The summed E-state index contributed by atoms with van der Waals surface area (Å²) in [5.41, 5.74) is 8.93. The van der Waals surface area contributed by atoms with E-state index in [1.54, 1.807) is 11.8 Å². The molecule has 21 heavy (non-hydrogen) atoms. The summed E-state index contributed by atoms with van der Waals surface area (Å²) in [6, 6.07) is 18.7. The molecular weight excluding hydrogens is 276 g/mol. The van der Waals surface area contributed by atoms with E-state index in [1.807, 2.05) is 18.2 Å². The molecule has 0 aliphatic heterocycles. The van der Waals surface area contributed by atoms with Gasteiger partial charge >= 0.3 is 0 Å². The Morgan fingerprint density at radius 3 is 2.71 bits per heavy atom. The maximum absolute atomic E-state index is 5.45. The van der Waals surface area contributed by atoms with E-state index in [0.29, 0.717) is 6.54 Å². The van der Waals surface area contributed by atoms with E-state index in [-0.39, 0.29) is 0 Å². The Hall–Kier alpha value is -2.15. The Kier molecular flexibility index (Phi) is 4.30. The highest BCUT2D eigenvalue weighted by Crippen LogP contribution is 2.27. The van der Waals surface area contributed by atoms with E-state index in [1.165, 1.54) is 21.5 Å². The maximum atomic E-state index is 5.45. The number of rotatable bonds is 3. The van der Waals surface area contributed by atoms with Crippen LogP contribution in [0, 0.1) is 11.8 Å². The number of fused-ring (bicyclic) bond motifs is 1. The van der Waals surface area contributed by atoms with Crippen LogP contribution in [0.3, 0.4) is 0 Å². The third kappa shape index (κ3) is 3.30. The summed E-state index contributed by atoms with van der Waals surface area (Å²) in [6.07, 6.45) is 0. The number of benzene rings is 2. The molecule has 1 aromatic heterocycles. The first-order valence-electron chi connectivity index (χ1n) is 6.84. The largest absolute Gasteiger partial charge is 0.350 e. The fourth-order valence-electron chi connectivity index (χ4n) is 2.19. The van der Waals surface area contributed by atoms with Gasteiger partial charge in [-0.05, 0) is 23.8 Å². The standard InChI is InChI=1S/C18H16N2S/c19-11-5-9-14-6-1-2-8-16(14)13-21-18-12-15-7-3-4-10-17(15)20-18/h1-4,6-8,10,12,20H,11,13,19H2. The van der Waals surface area contributed by atoms with Gasteiger partial charge in [-0.3, -0.25) is 0 Å². The number of H-pyrrole nitrogens is 1. The van der Waals surface area contributed by atoms with Gasteiger partial charge in [-0.2, -0.15) is 0 Å². The summed E-state index contributed by atoms with van der Waals surface area (Å²) in [7, 11) is 0. The molecule has 1 heterocycles. The van der Waals surface area contributed by atoms with Crippen molar-refractivity contribution in [2.75, 3.05) is 6.54 Å². The van der Waals surface area contributed by atoms with Gasteiger partial charge in [0.05, 0.1) is 11.6 Å². The van der Waals surface area contributed by atoms with Crippen molar-refractivity contribution < 1.29 is 0 Å². The second kappa shape index (κ2) is 6.53. The van der Waals surface area contributed by atoms with Crippen molar-refractivity contribution in [2.24, 2.45) is 5.73 Å². The van der Waals surface area contributed by atoms with Gasteiger partial charge in [-0.1, -0.05) is 48.2 Å². The van der Waals surface area contributed by atoms with E-state index < -0.39 is 0 Å². The number of aromatic nitrogens is 1. The summed E-state index contributed by atoms with van der Waals surface area (Å²) in [5, 5.41) is 2.42. The first kappa shape index (κ1) is 13.8. The highest BCUT2D eigenvalue weighted by atomic mass is 32.2. The minimum Gasteiger partial charge on any atom is -0.350 e. The number of nitrogens with one attached hydrogen (secondary N) is 1. The Labute approximate surface area is 128 Å². The molecule has 0 saturated heterocycles. The van der Waals surface area contributed by atoms with E-state index in [4.69, 9.17) is 5.73 Å². The number of aromatic amines is 1. The van der Waals surface area contributed by atoms with Crippen molar-refractivity contribution in [3.05, 3.63) is 65.7 Å². The van der Waals surface area contributed by atoms with Gasteiger partial charge in [-0.25, -0.2) is 0 Å². The van der Waals surface area contributed by atoms with Crippen molar-refractivity contribution in [1.82, 2.24) is 4.98 Å². The molecule has 0 spiro atoms. The van der Waals surface area contributed by atoms with Crippen molar-refractivity contribution >= 4 is 22.7 Å². The summed E-state index contributed by atoms with van der Waals surface area (Å²) in [4.78, 5) is 3.44. The first-order valence-corrected chi connectivity index (χ1v) is 7.83. The minimum absolute atomic E-state index is 0.392. The second-order valence-corrected chi connectivity index (χ2v) is 5.69. The molecule has 0 atom stereocenters. The molecule has 0 fully saturated rings. The van der Waals surface area contributed by atoms with Crippen LogP contribution < -0.4 is 5.73 Å². The molecule has 3 heteroatoms. The molecule has 0 unspecified atom stereocenters. The Morgan fingerprint density at radius 1 is 1.05 bits per heavy atom. The van der Waals surface area contributed by atoms with E-state index in [0.717, 1.165) is 11.3 Å². The zero-order valence-corrected chi connectivity index (χ0v) is 12.4. The van der Waals surface area contributed by atoms with Crippen LogP contribution in [-0.4, -0.2) is 11.5 Å². The molecule has 3 N–H and O–H groups in total. The highest BCUT2D eigenvalue weighted by molar-refractivity contribution is 7.98. The molecule has 0 aliphatic carbocycles. The lowest BCUT2D eigenvalue weighted by Crippen LogP contribution is -1.94. The van der Waals surface area contributed by atoms with E-state index in [9.17, 15) is 0 Å². The lowest BCUT2D eigenvalue weighted by atomic mass is 10.1. The van der Waals surface area contributed by atoms with Crippen LogP contribution >= 0.6 is 11.8 Å². The molecule has 0 bridgehead atoms. The molecule has 3 aromatic rings. The van der Waals surface area contributed by atoms with Crippen LogP contribution in [0.2, 0.25) is 0 Å². The second-order valence-electron chi connectivity index (χ2n) is 4.67. The molecule has 2 nitrogen and oxygen atoms in total. The summed E-state index contributed by atoms with van der Waals surface area (Å²) in [6.45, 7) is 0.392. The van der Waals surface area contributed by atoms with Crippen molar-refractivity contribution in [1.29, 1.82) is 0 Å². The smallest absolute Gasteiger partial charge is 0.0735 e. The van der Waals surface area contributed by atoms with Crippen LogP contribution in [0.1, 0.15) is 11.1 Å². The third-order valence-electron chi connectivity index (χ3n) is 3.23. The van der Waals surface area contributed by atoms with Gasteiger partial charge in [0.15, 0.2) is 0 Å². The molecule has 0 saturated carbocycles. The van der Waals surface area contributed by atoms with Crippen molar-refractivity contribution in [3.63, 3.8) is 0 Å². The molecule has 2 aromatic carbocycles. The fourth-order valence-corrected chi connectivity index (χ4v) is 3.15. The molecular formula is C18H16N2S. The van der Waals surface area contributed by atoms with Gasteiger partial charge in [-0.15, -0.1) is 11.8 Å². The number of para-hydroxylation sites is 1. The topological polar surface area (TPSA) is 41.8 Å². The number of hydrogen-bond acceptors (Lipinski definition) is 2. The predicted molar refractivity (Wildman–Crippen MR) is 90.2 cm³/mol. The molecule has 104 valence electrons. The van der Waals surface area contributed by atoms with E-state index >= 15 is 0 Å². The van der Waals surface area contributed by atoms with Crippen LogP contribution in [0.4, 0.5) is 0 Å². The average molecular weight is 292 g/mol. The van der Waals surface area contributed by atoms with Gasteiger partial charge in [0.2, 0.25) is 0 Å². The van der Waals surface area contributed by atoms with Crippen molar-refractivity contribution in [3.8, 4) is 11.8 Å². The summed E-state index contributed by atoms with van der Waals surface area (Å²) < 4.78 is 0. The molecule has 3 rings (SSSR count). The maximum Gasteiger partial charge on any atom is 0.0735 e. The SMILES string of the molecule is NCC#Cc1ccccc1CSc1cc2ccccc2[nH]1. The van der Waals surface area contributed by atoms with Crippen LogP contribution in [0.25, 0.3) is 10.9 Å². The lowest BCUT2D eigenvalue weighted by Gasteiger charge is -2.03. The third-order valence-corrected chi connectivity index (χ3v) is 4.22. The van der Waals surface area contributed by atoms with Gasteiger partial charge in [0.1, 0.15) is 0 Å². The summed E-state index contributed by atoms with van der Waals surface area (Å²) >= 11 is 1.79. The Morgan fingerprint density at radius 2 is 1.86 bits per heavy atom. The monoisotopic (exact) mass is 292 g/mol. The zero-order valence-electron chi connectivity index (χ0n) is 11.6. The number of nitrogens with two attached hydrogens (primary N) is 1. The van der Waals surface area contributed by atoms with E-state index in [2.05, 4.69) is 53.2 Å². The van der Waals surface area contributed by atoms with Gasteiger partial charge < -0.3 is 10.7 Å². The minimum atomic E-state index is 0.392. The molecule has 0 amide bonds. The van der Waals surface area contributed by atoms with Crippen LogP contribution in [0.5, 0.6) is 0 Å². The predicted octanol–water partition coefficient (Wildman–Crippen LogP) is 3.77. The van der Waals surface area contributed by atoms with Crippen LogP contribution in [-0.2, 0) is 5.75 Å². The average Bonchev–Trinajstić information content (AvgIpc) is 2.94. The lowest BCUT2D eigenvalue weighted by molar-refractivity contribution is 1.23. The highest BCUT2D eigenvalue weighted by Gasteiger charge is 2.03. The number of hydrogen-bond donors (Lipinski definition) is 2. The van der Waals surface area contributed by atoms with Gasteiger partial charge in [0.25, 0.3) is 0 Å². The normalized spacial score (nSPS) is 10.3. The van der Waals surface area contributed by atoms with Crippen molar-refractivity contribution in [2.45, 2.75) is 10.8 Å². The Bertz CT molecular complexity index is 775. The first-order chi connectivity index (χ1) is 10.4. The Balaban J connectivity index is 1.78. The zero-order chi connectivity index (χ0) is 14.5. The molecule has 0 radical (unpaired) electrons. The quantitative estimate of drug-likeness (QED) is 0.570. The number of thioether (sulfide) groups is 1. The van der Waals surface area contributed by atoms with Gasteiger partial charge in [0, 0.05) is 22.2 Å². The summed E-state index contributed by atoms with van der Waals surface area (Å²) in [5.74, 6) is 6.95. The van der Waals surface area contributed by atoms with Crippen LogP contribution in [0.15, 0.2) is 59.6 Å².